The van der Waals surface area contributed by atoms with Crippen molar-refractivity contribution in [2.24, 2.45) is 0 Å². The van der Waals surface area contributed by atoms with Crippen molar-refractivity contribution in [3.8, 4) is 22.5 Å². The SMILES string of the molecule is Cc1ccccc1-c1cccc[n+]1-[n+]1ccc(C(C)(C)C)cc1-c1cc2ccc3ccccc3c2cc1C. The first-order valence-corrected chi connectivity index (χ1v) is 13.4. The summed E-state index contributed by atoms with van der Waals surface area (Å²) in [6, 6.07) is 37.5. The standard InChI is InChI=1S/C36H34N2/c1-25-12-6-8-14-30(25)34-16-10-11-20-37(34)38-21-19-29(36(3,4)5)24-35(38)32-23-28-18-17-27-13-7-9-15-31(27)33(28)22-26(32)2/h6-24H,1-5H3/q+2. The molecule has 186 valence electrons. The van der Waals surface area contributed by atoms with Crippen molar-refractivity contribution in [3.05, 3.63) is 132 Å². The van der Waals surface area contributed by atoms with Gasteiger partial charge in [0.1, 0.15) is 0 Å². The Kier molecular flexibility index (Phi) is 5.84. The van der Waals surface area contributed by atoms with E-state index >= 15 is 0 Å². The summed E-state index contributed by atoms with van der Waals surface area (Å²) >= 11 is 0. The minimum Gasteiger partial charge on any atom is -0.0620 e. The summed E-state index contributed by atoms with van der Waals surface area (Å²) in [5.74, 6) is 0. The highest BCUT2D eigenvalue weighted by atomic mass is 15.4. The predicted molar refractivity (Wildman–Crippen MR) is 158 cm³/mol. The van der Waals surface area contributed by atoms with E-state index in [1.54, 1.807) is 0 Å². The molecule has 0 radical (unpaired) electrons. The monoisotopic (exact) mass is 494 g/mol. The second kappa shape index (κ2) is 9.22. The number of hydrogen-bond acceptors (Lipinski definition) is 0. The molecule has 0 aliphatic rings. The normalized spacial score (nSPS) is 11.8. The average Bonchev–Trinajstić information content (AvgIpc) is 2.92. The summed E-state index contributed by atoms with van der Waals surface area (Å²) in [5.41, 5.74) is 8.68. The molecule has 0 aliphatic heterocycles. The second-order valence-corrected chi connectivity index (χ2v) is 11.3. The molecule has 0 fully saturated rings. The highest BCUT2D eigenvalue weighted by Crippen LogP contribution is 2.33. The van der Waals surface area contributed by atoms with Crippen LogP contribution in [0.5, 0.6) is 0 Å². The van der Waals surface area contributed by atoms with Gasteiger partial charge in [-0.25, -0.2) is 0 Å². The Bertz CT molecular complexity index is 1820. The van der Waals surface area contributed by atoms with E-state index in [9.17, 15) is 0 Å². The molecule has 0 N–H and O–H groups in total. The molecule has 2 heterocycles. The third-order valence-corrected chi connectivity index (χ3v) is 7.66. The van der Waals surface area contributed by atoms with Crippen LogP contribution in [0.1, 0.15) is 37.5 Å². The Labute approximate surface area is 225 Å². The van der Waals surface area contributed by atoms with E-state index in [0.717, 1.165) is 5.69 Å². The van der Waals surface area contributed by atoms with Crippen LogP contribution in [-0.4, -0.2) is 0 Å². The van der Waals surface area contributed by atoms with Gasteiger partial charge >= 0.3 is 0 Å². The second-order valence-electron chi connectivity index (χ2n) is 11.3. The minimum absolute atomic E-state index is 0.0367. The Morgan fingerprint density at radius 3 is 2.03 bits per heavy atom. The quantitative estimate of drug-likeness (QED) is 0.173. The van der Waals surface area contributed by atoms with E-state index in [1.807, 2.05) is 0 Å². The van der Waals surface area contributed by atoms with Crippen LogP contribution in [0.2, 0.25) is 0 Å². The van der Waals surface area contributed by atoms with Gasteiger partial charge in [-0.05, 0) is 81.8 Å². The van der Waals surface area contributed by atoms with Crippen molar-refractivity contribution in [2.75, 3.05) is 0 Å². The molecule has 0 spiro atoms. The highest BCUT2D eigenvalue weighted by Gasteiger charge is 2.30. The summed E-state index contributed by atoms with van der Waals surface area (Å²) in [6.07, 6.45) is 4.38. The molecule has 0 atom stereocenters. The van der Waals surface area contributed by atoms with E-state index in [4.69, 9.17) is 0 Å². The first-order valence-electron chi connectivity index (χ1n) is 13.4. The number of hydrogen-bond donors (Lipinski definition) is 0. The van der Waals surface area contributed by atoms with E-state index < -0.39 is 0 Å². The molecule has 0 unspecified atom stereocenters. The number of aryl methyl sites for hydroxylation is 2. The maximum Gasteiger partial charge on any atom is 0.284 e. The number of benzene rings is 4. The van der Waals surface area contributed by atoms with Gasteiger partial charge in [-0.3, -0.25) is 0 Å². The fourth-order valence-electron chi connectivity index (χ4n) is 5.48. The van der Waals surface area contributed by atoms with Crippen LogP contribution in [0.4, 0.5) is 0 Å². The van der Waals surface area contributed by atoms with Crippen molar-refractivity contribution in [1.82, 2.24) is 0 Å². The maximum absolute atomic E-state index is 2.37. The number of fused-ring (bicyclic) bond motifs is 3. The van der Waals surface area contributed by atoms with Crippen LogP contribution in [0.3, 0.4) is 0 Å². The summed E-state index contributed by atoms with van der Waals surface area (Å²) in [6.45, 7) is 11.3. The van der Waals surface area contributed by atoms with Gasteiger partial charge in [0.05, 0.1) is 20.5 Å². The Balaban J connectivity index is 1.65. The lowest BCUT2D eigenvalue weighted by Gasteiger charge is -2.18. The summed E-state index contributed by atoms with van der Waals surface area (Å²) in [7, 11) is 0. The van der Waals surface area contributed by atoms with Crippen LogP contribution in [0, 0.1) is 13.8 Å². The van der Waals surface area contributed by atoms with Gasteiger partial charge in [0.15, 0.2) is 0 Å². The molecule has 2 aromatic heterocycles. The molecular weight excluding hydrogens is 460 g/mol. The summed E-state index contributed by atoms with van der Waals surface area (Å²) in [4.78, 5) is 0. The molecule has 6 rings (SSSR count). The van der Waals surface area contributed by atoms with Gasteiger partial charge < -0.3 is 0 Å². The van der Waals surface area contributed by atoms with E-state index in [-0.39, 0.29) is 5.41 Å². The topological polar surface area (TPSA) is 7.76 Å². The molecular formula is C36H34N2+2. The maximum atomic E-state index is 2.37. The fourth-order valence-corrected chi connectivity index (χ4v) is 5.48. The number of aromatic nitrogens is 2. The lowest BCUT2D eigenvalue weighted by Crippen LogP contribution is -2.68. The fraction of sp³-hybridized carbons (Fsp3) is 0.167. The van der Waals surface area contributed by atoms with Gasteiger partial charge in [0.25, 0.3) is 11.4 Å². The van der Waals surface area contributed by atoms with Crippen molar-refractivity contribution in [3.63, 3.8) is 0 Å². The Morgan fingerprint density at radius 1 is 0.500 bits per heavy atom. The van der Waals surface area contributed by atoms with Crippen LogP contribution in [-0.2, 0) is 5.41 Å². The minimum atomic E-state index is 0.0367. The van der Waals surface area contributed by atoms with Gasteiger partial charge in [-0.2, -0.15) is 0 Å². The van der Waals surface area contributed by atoms with E-state index in [1.165, 1.54) is 55.1 Å². The largest absolute Gasteiger partial charge is 0.284 e. The first kappa shape index (κ1) is 24.1. The first-order chi connectivity index (χ1) is 18.3. The van der Waals surface area contributed by atoms with E-state index in [2.05, 4.69) is 159 Å². The average molecular weight is 495 g/mol. The molecule has 0 aliphatic carbocycles. The number of nitrogens with zero attached hydrogens (tertiary/aromatic N) is 2. The van der Waals surface area contributed by atoms with Crippen molar-refractivity contribution < 1.29 is 9.35 Å². The highest BCUT2D eigenvalue weighted by molar-refractivity contribution is 6.08. The Morgan fingerprint density at radius 2 is 1.21 bits per heavy atom. The van der Waals surface area contributed by atoms with Gasteiger partial charge in [0.2, 0.25) is 12.4 Å². The predicted octanol–water partition coefficient (Wildman–Crippen LogP) is 8.13. The van der Waals surface area contributed by atoms with Crippen LogP contribution in [0.15, 0.2) is 116 Å². The smallest absolute Gasteiger partial charge is 0.0620 e. The molecule has 0 bridgehead atoms. The van der Waals surface area contributed by atoms with Crippen LogP contribution >= 0.6 is 0 Å². The molecule has 2 nitrogen and oxygen atoms in total. The zero-order chi connectivity index (χ0) is 26.4. The third-order valence-electron chi connectivity index (χ3n) is 7.66. The third kappa shape index (κ3) is 4.16. The summed E-state index contributed by atoms with van der Waals surface area (Å²) < 4.78 is 4.57. The zero-order valence-corrected chi connectivity index (χ0v) is 22.9. The van der Waals surface area contributed by atoms with Crippen molar-refractivity contribution in [1.29, 1.82) is 0 Å². The van der Waals surface area contributed by atoms with Crippen LogP contribution < -0.4 is 9.35 Å². The molecule has 2 heteroatoms. The zero-order valence-electron chi connectivity index (χ0n) is 22.9. The van der Waals surface area contributed by atoms with Gasteiger partial charge in [-0.1, -0.05) is 75.4 Å². The van der Waals surface area contributed by atoms with E-state index in [0.29, 0.717) is 0 Å². The van der Waals surface area contributed by atoms with Crippen LogP contribution in [0.25, 0.3) is 44.1 Å². The molecule has 0 saturated heterocycles. The van der Waals surface area contributed by atoms with Gasteiger partial charge in [0, 0.05) is 24.3 Å². The lowest BCUT2D eigenvalue weighted by molar-refractivity contribution is -1.29. The van der Waals surface area contributed by atoms with Crippen molar-refractivity contribution in [2.45, 2.75) is 40.0 Å². The molecule has 4 aromatic carbocycles. The number of pyridine rings is 2. The summed E-state index contributed by atoms with van der Waals surface area (Å²) in [5, 5.41) is 5.14. The molecule has 0 amide bonds. The molecule has 38 heavy (non-hydrogen) atoms. The lowest BCUT2D eigenvalue weighted by atomic mass is 9.86. The molecule has 6 aromatic rings. The number of rotatable bonds is 3. The molecule has 0 saturated carbocycles. The van der Waals surface area contributed by atoms with Crippen molar-refractivity contribution >= 4 is 21.5 Å². The Hall–Kier alpha value is -4.30. The van der Waals surface area contributed by atoms with Gasteiger partial charge in [-0.15, -0.1) is 0 Å².